The molecule has 0 N–H and O–H groups in total. The summed E-state index contributed by atoms with van der Waals surface area (Å²) in [5, 5.41) is 9.43. The third kappa shape index (κ3) is 3.92. The van der Waals surface area contributed by atoms with E-state index < -0.39 is 29.4 Å². The standard InChI is InChI=1S/C18H15F2NO2/c1-2-23-18(22)16(11-21)17(12-3-7-14(19)8-4-12)13-5-9-15(20)10-6-13/h3-10,16-17H,2H2,1H3. The van der Waals surface area contributed by atoms with Crippen molar-refractivity contribution in [1.29, 1.82) is 5.26 Å². The van der Waals surface area contributed by atoms with E-state index in [0.29, 0.717) is 11.1 Å². The van der Waals surface area contributed by atoms with Gasteiger partial charge in [-0.3, -0.25) is 4.79 Å². The zero-order chi connectivity index (χ0) is 16.8. The molecule has 0 aliphatic heterocycles. The van der Waals surface area contributed by atoms with Gasteiger partial charge >= 0.3 is 5.97 Å². The van der Waals surface area contributed by atoms with Gasteiger partial charge in [0.2, 0.25) is 0 Å². The predicted octanol–water partition coefficient (Wildman–Crippen LogP) is 3.80. The topological polar surface area (TPSA) is 50.1 Å². The molecular formula is C18H15F2NO2. The van der Waals surface area contributed by atoms with Crippen LogP contribution < -0.4 is 0 Å². The molecule has 0 aromatic heterocycles. The maximum absolute atomic E-state index is 13.2. The molecule has 2 rings (SSSR count). The van der Waals surface area contributed by atoms with E-state index in [0.717, 1.165) is 0 Å². The Morgan fingerprint density at radius 3 is 1.83 bits per heavy atom. The quantitative estimate of drug-likeness (QED) is 0.789. The highest BCUT2D eigenvalue weighted by Crippen LogP contribution is 2.33. The van der Waals surface area contributed by atoms with E-state index in [2.05, 4.69) is 0 Å². The first-order chi connectivity index (χ1) is 11.1. The van der Waals surface area contributed by atoms with E-state index in [4.69, 9.17) is 4.74 Å². The molecule has 0 bridgehead atoms. The van der Waals surface area contributed by atoms with Crippen LogP contribution in [-0.2, 0) is 9.53 Å². The molecule has 0 heterocycles. The van der Waals surface area contributed by atoms with Crippen LogP contribution in [-0.4, -0.2) is 12.6 Å². The summed E-state index contributed by atoms with van der Waals surface area (Å²) >= 11 is 0. The fourth-order valence-electron chi connectivity index (χ4n) is 2.41. The lowest BCUT2D eigenvalue weighted by atomic mass is 9.81. The summed E-state index contributed by atoms with van der Waals surface area (Å²) in [6.07, 6.45) is 0. The van der Waals surface area contributed by atoms with E-state index in [1.165, 1.54) is 48.5 Å². The number of rotatable bonds is 5. The Hall–Kier alpha value is -2.74. The van der Waals surface area contributed by atoms with Gasteiger partial charge in [0.05, 0.1) is 12.7 Å². The van der Waals surface area contributed by atoms with Gasteiger partial charge in [-0.15, -0.1) is 0 Å². The number of carbonyl (C=O) groups excluding carboxylic acids is 1. The van der Waals surface area contributed by atoms with Crippen LogP contribution in [0.5, 0.6) is 0 Å². The second-order valence-electron chi connectivity index (χ2n) is 4.94. The molecule has 0 aliphatic carbocycles. The van der Waals surface area contributed by atoms with Crippen molar-refractivity contribution in [3.63, 3.8) is 0 Å². The van der Waals surface area contributed by atoms with E-state index in [1.54, 1.807) is 6.92 Å². The van der Waals surface area contributed by atoms with E-state index in [9.17, 15) is 18.8 Å². The van der Waals surface area contributed by atoms with Gasteiger partial charge in [0.15, 0.2) is 5.92 Å². The van der Waals surface area contributed by atoms with Crippen LogP contribution in [0.2, 0.25) is 0 Å². The van der Waals surface area contributed by atoms with Crippen LogP contribution in [0.25, 0.3) is 0 Å². The minimum Gasteiger partial charge on any atom is -0.465 e. The Kier molecular flexibility index (Phi) is 5.42. The van der Waals surface area contributed by atoms with Crippen LogP contribution in [0.1, 0.15) is 24.0 Å². The number of nitriles is 1. The minimum atomic E-state index is -1.11. The number of benzene rings is 2. The Balaban J connectivity index is 2.50. The lowest BCUT2D eigenvalue weighted by Crippen LogP contribution is -2.24. The fraction of sp³-hybridized carbons (Fsp3) is 0.222. The van der Waals surface area contributed by atoms with Crippen molar-refractivity contribution in [1.82, 2.24) is 0 Å². The number of esters is 1. The summed E-state index contributed by atoms with van der Waals surface area (Å²) < 4.78 is 31.3. The molecule has 0 spiro atoms. The normalized spacial score (nSPS) is 11.8. The fourth-order valence-corrected chi connectivity index (χ4v) is 2.41. The molecule has 5 heteroatoms. The Morgan fingerprint density at radius 2 is 1.48 bits per heavy atom. The predicted molar refractivity (Wildman–Crippen MR) is 80.4 cm³/mol. The Bertz CT molecular complexity index is 660. The molecular weight excluding hydrogens is 300 g/mol. The Labute approximate surface area is 133 Å². The lowest BCUT2D eigenvalue weighted by molar-refractivity contribution is -0.146. The van der Waals surface area contributed by atoms with Crippen molar-refractivity contribution >= 4 is 5.97 Å². The SMILES string of the molecule is CCOC(=O)C(C#N)C(c1ccc(F)cc1)c1ccc(F)cc1. The zero-order valence-corrected chi connectivity index (χ0v) is 12.5. The molecule has 23 heavy (non-hydrogen) atoms. The molecule has 118 valence electrons. The summed E-state index contributed by atoms with van der Waals surface area (Å²) in [5.74, 6) is -3.27. The van der Waals surface area contributed by atoms with Gasteiger partial charge in [-0.2, -0.15) is 5.26 Å². The van der Waals surface area contributed by atoms with Crippen LogP contribution in [0, 0.1) is 28.9 Å². The molecule has 0 fully saturated rings. The first-order valence-electron chi connectivity index (χ1n) is 7.14. The van der Waals surface area contributed by atoms with Gasteiger partial charge in [0.25, 0.3) is 0 Å². The number of nitrogens with zero attached hydrogens (tertiary/aromatic N) is 1. The third-order valence-corrected chi connectivity index (χ3v) is 3.47. The minimum absolute atomic E-state index is 0.149. The largest absolute Gasteiger partial charge is 0.465 e. The number of ether oxygens (including phenoxy) is 1. The maximum Gasteiger partial charge on any atom is 0.324 e. The van der Waals surface area contributed by atoms with Crippen LogP contribution >= 0.6 is 0 Å². The monoisotopic (exact) mass is 315 g/mol. The van der Waals surface area contributed by atoms with Crippen molar-refractivity contribution in [3.8, 4) is 6.07 Å². The molecule has 2 aromatic carbocycles. The average molecular weight is 315 g/mol. The summed E-state index contributed by atoms with van der Waals surface area (Å²) in [7, 11) is 0. The van der Waals surface area contributed by atoms with Gasteiger partial charge in [-0.05, 0) is 42.3 Å². The van der Waals surface area contributed by atoms with Crippen LogP contribution in [0.15, 0.2) is 48.5 Å². The number of hydrogen-bond acceptors (Lipinski definition) is 3. The number of hydrogen-bond donors (Lipinski definition) is 0. The second-order valence-corrected chi connectivity index (χ2v) is 4.94. The van der Waals surface area contributed by atoms with Crippen LogP contribution in [0.3, 0.4) is 0 Å². The number of carbonyl (C=O) groups is 1. The first-order valence-corrected chi connectivity index (χ1v) is 7.14. The molecule has 0 saturated carbocycles. The Morgan fingerprint density at radius 1 is 1.04 bits per heavy atom. The molecule has 0 saturated heterocycles. The molecule has 2 aromatic rings. The van der Waals surface area contributed by atoms with Gasteiger partial charge in [-0.25, -0.2) is 8.78 Å². The average Bonchev–Trinajstić information content (AvgIpc) is 2.55. The van der Waals surface area contributed by atoms with Crippen molar-refractivity contribution in [2.45, 2.75) is 12.8 Å². The highest BCUT2D eigenvalue weighted by molar-refractivity contribution is 5.77. The van der Waals surface area contributed by atoms with Crippen molar-refractivity contribution in [3.05, 3.63) is 71.3 Å². The summed E-state index contributed by atoms with van der Waals surface area (Å²) in [5.41, 5.74) is 1.16. The van der Waals surface area contributed by atoms with Crippen LogP contribution in [0.4, 0.5) is 8.78 Å². The highest BCUT2D eigenvalue weighted by Gasteiger charge is 2.32. The molecule has 3 nitrogen and oxygen atoms in total. The van der Waals surface area contributed by atoms with Gasteiger partial charge < -0.3 is 4.74 Å². The molecule has 0 radical (unpaired) electrons. The molecule has 0 aliphatic rings. The third-order valence-electron chi connectivity index (χ3n) is 3.47. The summed E-state index contributed by atoms with van der Waals surface area (Å²) in [4.78, 5) is 12.1. The van der Waals surface area contributed by atoms with Crippen molar-refractivity contribution in [2.24, 2.45) is 5.92 Å². The van der Waals surface area contributed by atoms with Crippen molar-refractivity contribution < 1.29 is 18.3 Å². The first kappa shape index (κ1) is 16.6. The van der Waals surface area contributed by atoms with Gasteiger partial charge in [0, 0.05) is 5.92 Å². The maximum atomic E-state index is 13.2. The van der Waals surface area contributed by atoms with Gasteiger partial charge in [-0.1, -0.05) is 24.3 Å². The zero-order valence-electron chi connectivity index (χ0n) is 12.5. The van der Waals surface area contributed by atoms with E-state index in [1.807, 2.05) is 6.07 Å². The second kappa shape index (κ2) is 7.50. The smallest absolute Gasteiger partial charge is 0.324 e. The number of halogens is 2. The molecule has 0 amide bonds. The molecule has 1 unspecified atom stereocenters. The van der Waals surface area contributed by atoms with E-state index in [-0.39, 0.29) is 6.61 Å². The molecule has 1 atom stereocenters. The summed E-state index contributed by atoms with van der Waals surface area (Å²) in [6.45, 7) is 1.80. The van der Waals surface area contributed by atoms with Crippen molar-refractivity contribution in [2.75, 3.05) is 6.61 Å². The highest BCUT2D eigenvalue weighted by atomic mass is 19.1. The van der Waals surface area contributed by atoms with E-state index >= 15 is 0 Å². The van der Waals surface area contributed by atoms with Gasteiger partial charge in [0.1, 0.15) is 11.6 Å². The summed E-state index contributed by atoms with van der Waals surface area (Å²) in [6, 6.07) is 13.0. The lowest BCUT2D eigenvalue weighted by Gasteiger charge is -2.22.